The lowest BCUT2D eigenvalue weighted by atomic mass is 9.73. The van der Waals surface area contributed by atoms with Gasteiger partial charge in [-0.1, -0.05) is 23.7 Å². The molecule has 3 fully saturated rings. The lowest BCUT2D eigenvalue weighted by Gasteiger charge is -2.52. The van der Waals surface area contributed by atoms with E-state index in [-0.39, 0.29) is 43.0 Å². The first-order valence-electron chi connectivity index (χ1n) is 14.1. The Kier molecular flexibility index (Phi) is 6.43. The maximum atomic E-state index is 14.0. The van der Waals surface area contributed by atoms with E-state index in [4.69, 9.17) is 26.3 Å². The van der Waals surface area contributed by atoms with E-state index >= 15 is 0 Å². The fraction of sp³-hybridized carbons (Fsp3) is 0.571. The molecule has 9 nitrogen and oxygen atoms in total. The average Bonchev–Trinajstić information content (AvgIpc) is 3.67. The van der Waals surface area contributed by atoms with Crippen LogP contribution in [0.15, 0.2) is 36.9 Å². The minimum Gasteiger partial charge on any atom is -0.376 e. The third kappa shape index (κ3) is 4.52. The van der Waals surface area contributed by atoms with Gasteiger partial charge in [0.05, 0.1) is 19.0 Å². The predicted molar refractivity (Wildman–Crippen MR) is 148 cm³/mol. The van der Waals surface area contributed by atoms with Crippen LogP contribution >= 0.6 is 11.6 Å². The van der Waals surface area contributed by atoms with E-state index in [1.807, 2.05) is 35.0 Å². The van der Waals surface area contributed by atoms with Gasteiger partial charge in [-0.05, 0) is 50.3 Å². The molecule has 1 saturated carbocycles. The van der Waals surface area contributed by atoms with E-state index in [0.717, 1.165) is 42.0 Å². The minimum atomic E-state index is -2.59. The van der Waals surface area contributed by atoms with Gasteiger partial charge in [0.15, 0.2) is 11.5 Å². The van der Waals surface area contributed by atoms with E-state index in [2.05, 4.69) is 38.4 Å². The molecule has 40 heavy (non-hydrogen) atoms. The Balaban J connectivity index is 1.21. The molecule has 1 unspecified atom stereocenters. The summed E-state index contributed by atoms with van der Waals surface area (Å²) in [5.74, 6) is -1.39. The van der Waals surface area contributed by atoms with Crippen LogP contribution in [0.3, 0.4) is 0 Å². The van der Waals surface area contributed by atoms with Crippen molar-refractivity contribution in [1.29, 1.82) is 0 Å². The first kappa shape index (κ1) is 26.0. The molecule has 3 aromatic heterocycles. The van der Waals surface area contributed by atoms with Crippen LogP contribution in [-0.4, -0.2) is 77.8 Å². The zero-order valence-corrected chi connectivity index (χ0v) is 23.4. The number of alkyl halides is 2. The normalized spacial score (nSPS) is 26.5. The number of ether oxygens (including phenoxy) is 1. The Morgan fingerprint density at radius 3 is 2.62 bits per heavy atom. The van der Waals surface area contributed by atoms with Gasteiger partial charge in [0.2, 0.25) is 5.92 Å². The summed E-state index contributed by atoms with van der Waals surface area (Å²) in [5.41, 5.74) is 2.74. The molecule has 2 saturated heterocycles. The molecule has 7 rings (SSSR count). The number of anilines is 1. The molecular formula is C28H33ClF2N8O. The highest BCUT2D eigenvalue weighted by Crippen LogP contribution is 2.51. The van der Waals surface area contributed by atoms with Crippen molar-refractivity contribution in [1.82, 2.24) is 34.0 Å². The van der Waals surface area contributed by atoms with Crippen LogP contribution in [0, 0.1) is 5.92 Å². The first-order chi connectivity index (χ1) is 19.3. The highest BCUT2D eigenvalue weighted by Gasteiger charge is 2.51. The van der Waals surface area contributed by atoms with Gasteiger partial charge in [-0.3, -0.25) is 4.90 Å². The SMILES string of the molecule is C[C@@H]1CN(c2nc3nncn3c3c2ncn3C[C@@H]2CCCO2)[C@@H](C)CN1C(c1ccc(Cl)cc1)C1CC(F)(F)C1. The standard InChI is InChI=1S/C28H33ClF2N8O/c1-17-13-38(18(2)12-37(17)24(20-10-28(30,31)11-20)19-5-7-21(29)8-6-19)25-23-26(39-16-33-35-27(39)34-25)36(15-32-23)14-22-4-3-9-40-22/h5-8,15-18,20,22,24H,3-4,9-14H2,1-2H3/t17-,18+,22+,24?/m1/s1. The molecule has 5 heterocycles. The zero-order valence-electron chi connectivity index (χ0n) is 22.6. The van der Waals surface area contributed by atoms with Crippen molar-refractivity contribution in [3.8, 4) is 0 Å². The van der Waals surface area contributed by atoms with E-state index in [1.165, 1.54) is 0 Å². The van der Waals surface area contributed by atoms with Gasteiger partial charge >= 0.3 is 0 Å². The molecule has 212 valence electrons. The topological polar surface area (TPSA) is 76.6 Å². The van der Waals surface area contributed by atoms with Crippen molar-refractivity contribution >= 4 is 34.4 Å². The lowest BCUT2D eigenvalue weighted by Crippen LogP contribution is -2.59. The van der Waals surface area contributed by atoms with Crippen molar-refractivity contribution in [3.05, 3.63) is 47.5 Å². The molecule has 4 atom stereocenters. The van der Waals surface area contributed by atoms with Gasteiger partial charge in [0.25, 0.3) is 5.78 Å². The van der Waals surface area contributed by atoms with E-state index < -0.39 is 5.92 Å². The molecule has 0 bridgehead atoms. The smallest absolute Gasteiger partial charge is 0.258 e. The number of rotatable bonds is 6. The quantitative estimate of drug-likeness (QED) is 0.323. The Hall–Kier alpha value is -2.89. The number of hydrogen-bond acceptors (Lipinski definition) is 7. The molecule has 3 aliphatic rings. The summed E-state index contributed by atoms with van der Waals surface area (Å²) in [6.45, 7) is 7.22. The maximum absolute atomic E-state index is 14.0. The van der Waals surface area contributed by atoms with Gasteiger partial charge < -0.3 is 14.2 Å². The summed E-state index contributed by atoms with van der Waals surface area (Å²) in [7, 11) is 0. The fourth-order valence-electron chi connectivity index (χ4n) is 6.89. The van der Waals surface area contributed by atoms with E-state index in [1.54, 1.807) is 6.33 Å². The largest absolute Gasteiger partial charge is 0.376 e. The number of piperazine rings is 1. The number of hydrogen-bond donors (Lipinski definition) is 0. The van der Waals surface area contributed by atoms with Gasteiger partial charge in [-0.2, -0.15) is 4.98 Å². The van der Waals surface area contributed by atoms with Gasteiger partial charge in [-0.25, -0.2) is 18.2 Å². The molecule has 0 radical (unpaired) electrons. The number of fused-ring (bicyclic) bond motifs is 3. The van der Waals surface area contributed by atoms with Gasteiger partial charge in [0.1, 0.15) is 11.8 Å². The van der Waals surface area contributed by atoms with Crippen LogP contribution in [0.1, 0.15) is 51.1 Å². The van der Waals surface area contributed by atoms with Crippen LogP contribution in [0.2, 0.25) is 5.02 Å². The summed E-state index contributed by atoms with van der Waals surface area (Å²) >= 11 is 6.17. The minimum absolute atomic E-state index is 0.0657. The van der Waals surface area contributed by atoms with Crippen LogP contribution in [0.5, 0.6) is 0 Å². The van der Waals surface area contributed by atoms with Crippen LogP contribution in [0.4, 0.5) is 14.6 Å². The number of nitrogens with zero attached hydrogens (tertiary/aromatic N) is 8. The molecular weight excluding hydrogens is 538 g/mol. The summed E-state index contributed by atoms with van der Waals surface area (Å²) in [4.78, 5) is 14.4. The average molecular weight is 571 g/mol. The second-order valence-electron chi connectivity index (χ2n) is 11.7. The van der Waals surface area contributed by atoms with Gasteiger partial charge in [-0.15, -0.1) is 10.2 Å². The van der Waals surface area contributed by atoms with E-state index in [9.17, 15) is 8.78 Å². The molecule has 0 amide bonds. The Morgan fingerprint density at radius 2 is 1.90 bits per heavy atom. The number of halogens is 3. The number of benzene rings is 1. The van der Waals surface area contributed by atoms with Gasteiger partial charge in [0, 0.05) is 55.7 Å². The Labute approximate surface area is 236 Å². The first-order valence-corrected chi connectivity index (χ1v) is 14.5. The second kappa shape index (κ2) is 9.88. The maximum Gasteiger partial charge on any atom is 0.258 e. The third-order valence-corrected chi connectivity index (χ3v) is 9.11. The Bertz CT molecular complexity index is 1510. The highest BCUT2D eigenvalue weighted by molar-refractivity contribution is 6.30. The molecule has 1 aliphatic carbocycles. The fourth-order valence-corrected chi connectivity index (χ4v) is 7.02. The monoisotopic (exact) mass is 570 g/mol. The molecule has 4 aromatic rings. The molecule has 2 aliphatic heterocycles. The summed E-state index contributed by atoms with van der Waals surface area (Å²) < 4.78 is 38.0. The van der Waals surface area contributed by atoms with E-state index in [0.29, 0.717) is 30.4 Å². The second-order valence-corrected chi connectivity index (χ2v) is 12.1. The third-order valence-electron chi connectivity index (χ3n) is 8.85. The molecule has 0 spiro atoms. The summed E-state index contributed by atoms with van der Waals surface area (Å²) in [5, 5.41) is 9.05. The van der Waals surface area contributed by atoms with Crippen LogP contribution < -0.4 is 4.90 Å². The summed E-state index contributed by atoms with van der Waals surface area (Å²) in [6, 6.07) is 7.73. The number of imidazole rings is 1. The Morgan fingerprint density at radius 1 is 1.10 bits per heavy atom. The van der Waals surface area contributed by atoms with Crippen LogP contribution in [-0.2, 0) is 11.3 Å². The lowest BCUT2D eigenvalue weighted by molar-refractivity contribution is -0.137. The van der Waals surface area contributed by atoms with Crippen LogP contribution in [0.25, 0.3) is 16.9 Å². The number of aromatic nitrogens is 6. The molecule has 12 heteroatoms. The van der Waals surface area contributed by atoms with Crippen molar-refractivity contribution < 1.29 is 13.5 Å². The summed E-state index contributed by atoms with van der Waals surface area (Å²) in [6.07, 6.45) is 5.62. The molecule has 0 N–H and O–H groups in total. The molecule has 1 aromatic carbocycles. The van der Waals surface area contributed by atoms with Crippen molar-refractivity contribution in [3.63, 3.8) is 0 Å². The van der Waals surface area contributed by atoms with Crippen molar-refractivity contribution in [2.45, 2.75) is 76.2 Å². The van der Waals surface area contributed by atoms with Crippen molar-refractivity contribution in [2.75, 3.05) is 24.6 Å². The highest BCUT2D eigenvalue weighted by atomic mass is 35.5. The zero-order chi connectivity index (χ0) is 27.6. The predicted octanol–water partition coefficient (Wildman–Crippen LogP) is 4.99. The van der Waals surface area contributed by atoms with Crippen molar-refractivity contribution in [2.24, 2.45) is 5.92 Å².